The van der Waals surface area contributed by atoms with Gasteiger partial charge in [0.15, 0.2) is 11.9 Å². The minimum Gasteiger partial charge on any atom is -0.192 e. The lowest BCUT2D eigenvalue weighted by Gasteiger charge is -2.14. The Balaban J connectivity index is 2.07. The van der Waals surface area contributed by atoms with Crippen molar-refractivity contribution in [3.63, 3.8) is 0 Å². The van der Waals surface area contributed by atoms with Gasteiger partial charge < -0.3 is 0 Å². The molecule has 24 heavy (non-hydrogen) atoms. The van der Waals surface area contributed by atoms with Crippen LogP contribution in [-0.4, -0.2) is 27.6 Å². The molecule has 1 aliphatic rings. The predicted octanol–water partition coefficient (Wildman–Crippen LogP) is 4.09. The first-order valence-corrected chi connectivity index (χ1v) is 7.42. The third-order valence-corrected chi connectivity index (χ3v) is 3.74. The molecule has 0 saturated carbocycles. The molecule has 1 aliphatic heterocycles. The molecule has 124 valence electrons. The van der Waals surface area contributed by atoms with E-state index in [1.54, 1.807) is 22.4 Å². The van der Waals surface area contributed by atoms with Crippen LogP contribution in [0, 0.1) is 0 Å². The monoisotopic (exact) mass is 334 g/mol. The highest BCUT2D eigenvalue weighted by Gasteiger charge is 2.38. The van der Waals surface area contributed by atoms with Crippen molar-refractivity contribution in [1.82, 2.24) is 14.5 Å². The van der Waals surface area contributed by atoms with Crippen molar-refractivity contribution in [2.45, 2.75) is 32.4 Å². The van der Waals surface area contributed by atoms with Gasteiger partial charge in [0.2, 0.25) is 0 Å². The van der Waals surface area contributed by atoms with Gasteiger partial charge in [-0.2, -0.15) is 18.2 Å². The van der Waals surface area contributed by atoms with Crippen LogP contribution in [0.2, 0.25) is 0 Å². The van der Waals surface area contributed by atoms with E-state index in [4.69, 9.17) is 0 Å². The molecule has 0 radical (unpaired) electrons. The molecule has 1 aromatic carbocycles. The maximum Gasteiger partial charge on any atom is 0.474 e. The number of alkyl halides is 3. The van der Waals surface area contributed by atoms with Gasteiger partial charge in [0.05, 0.1) is 5.56 Å². The Labute approximate surface area is 137 Å². The van der Waals surface area contributed by atoms with Crippen LogP contribution in [0.15, 0.2) is 30.5 Å². The van der Waals surface area contributed by atoms with Crippen LogP contribution in [0.1, 0.15) is 32.0 Å². The molecule has 7 heteroatoms. The highest BCUT2D eigenvalue weighted by molar-refractivity contribution is 5.69. The predicted molar refractivity (Wildman–Crippen MR) is 84.5 cm³/mol. The van der Waals surface area contributed by atoms with Gasteiger partial charge >= 0.3 is 23.8 Å². The first-order valence-electron chi connectivity index (χ1n) is 7.42. The lowest BCUT2D eigenvalue weighted by atomic mass is 9.93. The van der Waals surface area contributed by atoms with Gasteiger partial charge in [0, 0.05) is 10.4 Å². The summed E-state index contributed by atoms with van der Waals surface area (Å²) in [4.78, 5) is 9.06. The standard InChI is InChI=1S/C17H17F3N4/c1-16(2,3)13-9-21-14-15(22-13)24(10-23(14)4)12-7-5-11(6-8-12)17(18,19)20/h5-9H,1-4H3/q+2. The lowest BCUT2D eigenvalue weighted by Crippen LogP contribution is -2.15. The van der Waals surface area contributed by atoms with Crippen LogP contribution < -0.4 is 4.58 Å². The molecule has 0 bridgehead atoms. The van der Waals surface area contributed by atoms with Gasteiger partial charge in [-0.05, 0) is 24.3 Å². The molecule has 2 aromatic rings. The molecule has 0 unspecified atom stereocenters. The van der Waals surface area contributed by atoms with Crippen molar-refractivity contribution in [3.8, 4) is 0 Å². The third-order valence-electron chi connectivity index (χ3n) is 3.74. The number of benzene rings is 1. The Hall–Kier alpha value is -2.53. The van der Waals surface area contributed by atoms with E-state index in [2.05, 4.69) is 16.0 Å². The van der Waals surface area contributed by atoms with Crippen molar-refractivity contribution in [1.29, 1.82) is 0 Å². The van der Waals surface area contributed by atoms with E-state index in [1.165, 1.54) is 12.1 Å². The largest absolute Gasteiger partial charge is 0.474 e. The molecule has 0 fully saturated rings. The fourth-order valence-corrected chi connectivity index (χ4v) is 2.35. The highest BCUT2D eigenvalue weighted by atomic mass is 19.4. The van der Waals surface area contributed by atoms with E-state index in [0.717, 1.165) is 17.8 Å². The molecule has 0 aliphatic carbocycles. The normalized spacial score (nSPS) is 14.3. The fourth-order valence-electron chi connectivity index (χ4n) is 2.35. The average molecular weight is 334 g/mol. The molecule has 0 N–H and O–H groups in total. The first-order chi connectivity index (χ1) is 11.1. The smallest absolute Gasteiger partial charge is 0.192 e. The van der Waals surface area contributed by atoms with Crippen LogP contribution in [0.4, 0.5) is 30.5 Å². The van der Waals surface area contributed by atoms with Crippen LogP contribution in [0.5, 0.6) is 0 Å². The molecule has 0 atom stereocenters. The number of hydrogen-bond acceptors (Lipinski definition) is 2. The second-order valence-electron chi connectivity index (χ2n) is 6.69. The molecule has 3 rings (SSSR count). The van der Waals surface area contributed by atoms with Gasteiger partial charge in [0.1, 0.15) is 12.7 Å². The van der Waals surface area contributed by atoms with Crippen LogP contribution >= 0.6 is 0 Å². The summed E-state index contributed by atoms with van der Waals surface area (Å²) in [6, 6.07) is 7.95. The quantitative estimate of drug-likeness (QED) is 0.736. The molecule has 0 saturated heterocycles. The fraction of sp³-hybridized carbons (Fsp3) is 0.353. The summed E-state index contributed by atoms with van der Waals surface area (Å²) in [5, 5.41) is 0. The summed E-state index contributed by atoms with van der Waals surface area (Å²) in [6.45, 7) is 6.08. The molecule has 0 amide bonds. The molecule has 0 spiro atoms. The Morgan fingerprint density at radius 2 is 1.62 bits per heavy atom. The van der Waals surface area contributed by atoms with E-state index < -0.39 is 11.7 Å². The van der Waals surface area contributed by atoms with E-state index in [0.29, 0.717) is 17.3 Å². The number of hydrogen-bond donors (Lipinski definition) is 0. The second-order valence-corrected chi connectivity index (χ2v) is 6.69. The SMILES string of the molecule is C[N+]1=C=[N+](c2ccc(C(F)(F)F)cc2)c2nc(C(C)(C)C)cnc21. The number of fused-ring (bicyclic) bond motifs is 1. The van der Waals surface area contributed by atoms with E-state index in [1.807, 2.05) is 20.8 Å². The number of halogens is 3. The lowest BCUT2D eigenvalue weighted by molar-refractivity contribution is -0.398. The highest BCUT2D eigenvalue weighted by Crippen LogP contribution is 2.34. The van der Waals surface area contributed by atoms with Gasteiger partial charge in [-0.3, -0.25) is 0 Å². The Kier molecular flexibility index (Phi) is 3.57. The average Bonchev–Trinajstić information content (AvgIpc) is 2.82. The van der Waals surface area contributed by atoms with E-state index >= 15 is 0 Å². The molecular formula is C17H17F3N4+2. The van der Waals surface area contributed by atoms with Crippen LogP contribution in [0.3, 0.4) is 0 Å². The van der Waals surface area contributed by atoms with Crippen molar-refractivity contribution < 1.29 is 17.7 Å². The summed E-state index contributed by atoms with van der Waals surface area (Å²) in [5.41, 5.74) is 0.479. The number of nitrogens with zero attached hydrogens (tertiary/aromatic N) is 4. The van der Waals surface area contributed by atoms with Crippen molar-refractivity contribution in [3.05, 3.63) is 41.7 Å². The zero-order valence-electron chi connectivity index (χ0n) is 13.8. The third kappa shape index (κ3) is 2.83. The summed E-state index contributed by atoms with van der Waals surface area (Å²) >= 11 is 0. The van der Waals surface area contributed by atoms with Crippen LogP contribution in [0.25, 0.3) is 0 Å². The Morgan fingerprint density at radius 1 is 1.00 bits per heavy atom. The van der Waals surface area contributed by atoms with Crippen molar-refractivity contribution in [2.24, 2.45) is 0 Å². The molecule has 2 heterocycles. The van der Waals surface area contributed by atoms with Crippen molar-refractivity contribution in [2.75, 3.05) is 7.05 Å². The Bertz CT molecular complexity index is 868. The summed E-state index contributed by atoms with van der Waals surface area (Å²) in [7, 11) is 1.77. The Morgan fingerprint density at radius 3 is 2.17 bits per heavy atom. The van der Waals surface area contributed by atoms with Gasteiger partial charge in [-0.25, -0.2) is 0 Å². The molecule has 1 aromatic heterocycles. The van der Waals surface area contributed by atoms with Gasteiger partial charge in [-0.1, -0.05) is 25.3 Å². The number of aromatic nitrogens is 2. The summed E-state index contributed by atoms with van der Waals surface area (Å²) in [5.74, 6) is 1.17. The van der Waals surface area contributed by atoms with Crippen molar-refractivity contribution >= 4 is 23.3 Å². The molecule has 4 nitrogen and oxygen atoms in total. The maximum atomic E-state index is 12.7. The topological polar surface area (TPSA) is 31.8 Å². The minimum absolute atomic E-state index is 0.186. The van der Waals surface area contributed by atoms with E-state index in [-0.39, 0.29) is 5.41 Å². The minimum atomic E-state index is -4.36. The zero-order chi connectivity index (χ0) is 17.7. The first kappa shape index (κ1) is 16.3. The van der Waals surface area contributed by atoms with Gasteiger partial charge in [-0.15, -0.1) is 4.58 Å². The zero-order valence-corrected chi connectivity index (χ0v) is 13.8. The molecular weight excluding hydrogens is 317 g/mol. The summed E-state index contributed by atoms with van der Waals surface area (Å²) < 4.78 is 41.5. The van der Waals surface area contributed by atoms with Gasteiger partial charge in [0.25, 0.3) is 0 Å². The summed E-state index contributed by atoms with van der Waals surface area (Å²) in [6.07, 6.45) is -2.64. The maximum absolute atomic E-state index is 12.7. The van der Waals surface area contributed by atoms with Crippen LogP contribution in [-0.2, 0) is 11.6 Å². The van der Waals surface area contributed by atoms with E-state index in [9.17, 15) is 13.2 Å². The second kappa shape index (κ2) is 5.24. The number of rotatable bonds is 1.